The monoisotopic (exact) mass is 318 g/mol. The van der Waals surface area contributed by atoms with Crippen molar-refractivity contribution < 1.29 is 0 Å². The van der Waals surface area contributed by atoms with E-state index in [-0.39, 0.29) is 0 Å². The molecule has 1 rings (SSSR count). The third-order valence-corrected chi connectivity index (χ3v) is 4.35. The molecule has 1 heterocycles. The van der Waals surface area contributed by atoms with E-state index in [2.05, 4.69) is 65.4 Å². The van der Waals surface area contributed by atoms with Gasteiger partial charge in [-0.05, 0) is 59.4 Å². The molecular formula is C13H23BrN2S. The predicted octanol–water partition coefficient (Wildman–Crippen LogP) is 3.58. The third kappa shape index (κ3) is 6.00. The lowest BCUT2D eigenvalue weighted by atomic mass is 10.2. The molecule has 0 saturated carbocycles. The molecular weight excluding hydrogens is 296 g/mol. The lowest BCUT2D eigenvalue weighted by Crippen LogP contribution is -2.38. The Kier molecular flexibility index (Phi) is 6.70. The normalized spacial score (nSPS) is 13.6. The smallest absolute Gasteiger partial charge is 0.0701 e. The van der Waals surface area contributed by atoms with E-state index in [0.717, 1.165) is 25.6 Å². The fourth-order valence-electron chi connectivity index (χ4n) is 1.61. The first-order valence-corrected chi connectivity index (χ1v) is 7.80. The predicted molar refractivity (Wildman–Crippen MR) is 80.7 cm³/mol. The van der Waals surface area contributed by atoms with Crippen LogP contribution in [0.5, 0.6) is 0 Å². The number of thiophene rings is 1. The summed E-state index contributed by atoms with van der Waals surface area (Å²) >= 11 is 5.26. The van der Waals surface area contributed by atoms with Gasteiger partial charge in [-0.1, -0.05) is 13.8 Å². The van der Waals surface area contributed by atoms with Crippen LogP contribution in [0.2, 0.25) is 0 Å². The van der Waals surface area contributed by atoms with E-state index in [4.69, 9.17) is 0 Å². The molecule has 0 aliphatic heterocycles. The maximum absolute atomic E-state index is 3.51. The van der Waals surface area contributed by atoms with Gasteiger partial charge >= 0.3 is 0 Å². The van der Waals surface area contributed by atoms with E-state index in [1.807, 2.05) is 0 Å². The van der Waals surface area contributed by atoms with E-state index in [0.29, 0.717) is 6.04 Å². The zero-order chi connectivity index (χ0) is 12.8. The Morgan fingerprint density at radius 3 is 2.59 bits per heavy atom. The SMILES string of the molecule is CC(C)CNCC(C)N(C)Cc1csc(Br)c1. The van der Waals surface area contributed by atoms with Crippen molar-refractivity contribution in [2.24, 2.45) is 5.92 Å². The van der Waals surface area contributed by atoms with Crippen LogP contribution in [0.3, 0.4) is 0 Å². The van der Waals surface area contributed by atoms with Crippen LogP contribution in [-0.2, 0) is 6.54 Å². The summed E-state index contributed by atoms with van der Waals surface area (Å²) < 4.78 is 1.21. The van der Waals surface area contributed by atoms with Gasteiger partial charge in [-0.25, -0.2) is 0 Å². The molecule has 17 heavy (non-hydrogen) atoms. The van der Waals surface area contributed by atoms with Gasteiger partial charge in [0, 0.05) is 19.1 Å². The van der Waals surface area contributed by atoms with Crippen molar-refractivity contribution in [1.29, 1.82) is 0 Å². The van der Waals surface area contributed by atoms with Crippen LogP contribution in [0.15, 0.2) is 15.2 Å². The van der Waals surface area contributed by atoms with E-state index >= 15 is 0 Å². The summed E-state index contributed by atoms with van der Waals surface area (Å²) in [5.41, 5.74) is 1.39. The van der Waals surface area contributed by atoms with Crippen molar-refractivity contribution in [2.45, 2.75) is 33.4 Å². The van der Waals surface area contributed by atoms with Crippen molar-refractivity contribution in [2.75, 3.05) is 20.1 Å². The summed E-state index contributed by atoms with van der Waals surface area (Å²) in [6.45, 7) is 9.93. The zero-order valence-corrected chi connectivity index (χ0v) is 13.6. The highest BCUT2D eigenvalue weighted by Crippen LogP contribution is 2.21. The largest absolute Gasteiger partial charge is 0.315 e. The fraction of sp³-hybridized carbons (Fsp3) is 0.692. The molecule has 2 nitrogen and oxygen atoms in total. The summed E-state index contributed by atoms with van der Waals surface area (Å²) in [5, 5.41) is 5.73. The minimum absolute atomic E-state index is 0.562. The Balaban J connectivity index is 2.29. The Morgan fingerprint density at radius 2 is 2.06 bits per heavy atom. The molecule has 0 amide bonds. The van der Waals surface area contributed by atoms with Crippen molar-refractivity contribution in [3.63, 3.8) is 0 Å². The van der Waals surface area contributed by atoms with Gasteiger partial charge in [0.1, 0.15) is 0 Å². The Morgan fingerprint density at radius 1 is 1.35 bits per heavy atom. The quantitative estimate of drug-likeness (QED) is 0.826. The number of halogens is 1. The summed E-state index contributed by atoms with van der Waals surface area (Å²) in [5.74, 6) is 0.723. The third-order valence-electron chi connectivity index (χ3n) is 2.80. The molecule has 4 heteroatoms. The van der Waals surface area contributed by atoms with E-state index in [1.165, 1.54) is 9.35 Å². The Labute approximate surface area is 118 Å². The number of nitrogens with one attached hydrogen (secondary N) is 1. The molecule has 0 aromatic carbocycles. The topological polar surface area (TPSA) is 15.3 Å². The maximum atomic E-state index is 3.51. The second-order valence-corrected chi connectivity index (χ2v) is 7.37. The molecule has 0 radical (unpaired) electrons. The van der Waals surface area contributed by atoms with Crippen LogP contribution in [0.1, 0.15) is 26.3 Å². The van der Waals surface area contributed by atoms with Gasteiger partial charge in [0.05, 0.1) is 3.79 Å². The number of nitrogens with zero attached hydrogens (tertiary/aromatic N) is 1. The van der Waals surface area contributed by atoms with Gasteiger partial charge in [0.2, 0.25) is 0 Å². The summed E-state index contributed by atoms with van der Waals surface area (Å²) in [6, 6.07) is 2.77. The molecule has 0 aliphatic rings. The molecule has 0 spiro atoms. The molecule has 1 unspecified atom stereocenters. The van der Waals surface area contributed by atoms with Crippen molar-refractivity contribution in [1.82, 2.24) is 10.2 Å². The van der Waals surface area contributed by atoms with E-state index in [1.54, 1.807) is 11.3 Å². The average Bonchev–Trinajstić information content (AvgIpc) is 2.63. The molecule has 1 atom stereocenters. The summed E-state index contributed by atoms with van der Waals surface area (Å²) in [4.78, 5) is 2.39. The highest BCUT2D eigenvalue weighted by Gasteiger charge is 2.10. The van der Waals surface area contributed by atoms with Crippen LogP contribution in [0.25, 0.3) is 0 Å². The first kappa shape index (κ1) is 15.2. The van der Waals surface area contributed by atoms with Crippen molar-refractivity contribution in [3.8, 4) is 0 Å². The number of hydrogen-bond donors (Lipinski definition) is 1. The molecule has 1 N–H and O–H groups in total. The average molecular weight is 319 g/mol. The molecule has 1 aromatic heterocycles. The van der Waals surface area contributed by atoms with Gasteiger partial charge in [-0.15, -0.1) is 11.3 Å². The number of hydrogen-bond acceptors (Lipinski definition) is 3. The first-order chi connectivity index (χ1) is 7.99. The molecule has 98 valence electrons. The zero-order valence-electron chi connectivity index (χ0n) is 11.2. The molecule has 0 saturated heterocycles. The van der Waals surface area contributed by atoms with Crippen LogP contribution >= 0.6 is 27.3 Å². The van der Waals surface area contributed by atoms with Gasteiger partial charge < -0.3 is 5.32 Å². The van der Waals surface area contributed by atoms with Gasteiger partial charge in [0.15, 0.2) is 0 Å². The second-order valence-electron chi connectivity index (χ2n) is 5.08. The first-order valence-electron chi connectivity index (χ1n) is 6.13. The molecule has 1 aromatic rings. The maximum Gasteiger partial charge on any atom is 0.0701 e. The molecule has 0 aliphatic carbocycles. The lowest BCUT2D eigenvalue weighted by molar-refractivity contribution is 0.241. The van der Waals surface area contributed by atoms with Gasteiger partial charge in [-0.2, -0.15) is 0 Å². The van der Waals surface area contributed by atoms with Crippen molar-refractivity contribution in [3.05, 3.63) is 20.8 Å². The Bertz CT molecular complexity index is 325. The minimum atomic E-state index is 0.562. The van der Waals surface area contributed by atoms with Crippen LogP contribution in [-0.4, -0.2) is 31.1 Å². The van der Waals surface area contributed by atoms with Crippen LogP contribution in [0.4, 0.5) is 0 Å². The summed E-state index contributed by atoms with van der Waals surface area (Å²) in [7, 11) is 2.19. The van der Waals surface area contributed by atoms with Gasteiger partial charge in [0.25, 0.3) is 0 Å². The molecule has 0 fully saturated rings. The van der Waals surface area contributed by atoms with E-state index in [9.17, 15) is 0 Å². The molecule has 0 bridgehead atoms. The van der Waals surface area contributed by atoms with Crippen LogP contribution in [0, 0.1) is 5.92 Å². The second kappa shape index (κ2) is 7.52. The fourth-order valence-corrected chi connectivity index (χ4v) is 2.81. The Hall–Kier alpha value is 0.100. The van der Waals surface area contributed by atoms with Crippen LogP contribution < -0.4 is 5.32 Å². The standard InChI is InChI=1S/C13H23BrN2S/c1-10(2)6-15-7-11(3)16(4)8-12-5-13(14)17-9-12/h5,9-11,15H,6-8H2,1-4H3. The minimum Gasteiger partial charge on any atom is -0.315 e. The van der Waals surface area contributed by atoms with E-state index < -0.39 is 0 Å². The highest BCUT2D eigenvalue weighted by molar-refractivity contribution is 9.11. The number of likely N-dealkylation sites (N-methyl/N-ethyl adjacent to an activating group) is 1. The summed E-state index contributed by atoms with van der Waals surface area (Å²) in [6.07, 6.45) is 0. The highest BCUT2D eigenvalue weighted by atomic mass is 79.9. The van der Waals surface area contributed by atoms with Crippen molar-refractivity contribution >= 4 is 27.3 Å². The lowest BCUT2D eigenvalue weighted by Gasteiger charge is -2.25. The van der Waals surface area contributed by atoms with Gasteiger partial charge in [-0.3, -0.25) is 4.90 Å². The number of rotatable bonds is 7.